The summed E-state index contributed by atoms with van der Waals surface area (Å²) >= 11 is 0.958. The Hall–Kier alpha value is -3.00. The van der Waals surface area contributed by atoms with Crippen molar-refractivity contribution in [2.45, 2.75) is 102 Å². The van der Waals surface area contributed by atoms with E-state index in [9.17, 15) is 63.0 Å². The summed E-state index contributed by atoms with van der Waals surface area (Å²) in [4.78, 5) is 88.1. The number of anilines is 1. The summed E-state index contributed by atoms with van der Waals surface area (Å²) in [6, 6.07) is 0. The van der Waals surface area contributed by atoms with Crippen LogP contribution in [0.15, 0.2) is 37.0 Å². The second-order valence-electron chi connectivity index (χ2n) is 14.7. The van der Waals surface area contributed by atoms with Gasteiger partial charge in [-0.1, -0.05) is 69.7 Å². The third-order valence-electron chi connectivity index (χ3n) is 8.91. The number of phosphoric ester groups is 3. The quantitative estimate of drug-likeness (QED) is 0.0328. The number of carbonyl (C=O) groups excluding carboxylic acids is 3. The molecule has 25 nitrogen and oxygen atoms in total. The van der Waals surface area contributed by atoms with E-state index in [4.69, 9.17) is 19.5 Å². The van der Waals surface area contributed by atoms with E-state index in [1.165, 1.54) is 13.8 Å². The predicted molar refractivity (Wildman–Crippen MR) is 225 cm³/mol. The first-order chi connectivity index (χ1) is 29.4. The fourth-order valence-electron chi connectivity index (χ4n) is 5.59. The molecule has 0 spiro atoms. The van der Waals surface area contributed by atoms with Crippen molar-refractivity contribution in [3.63, 3.8) is 0 Å². The number of nitrogens with zero attached hydrogens (tertiary/aromatic N) is 4. The first kappa shape index (κ1) is 54.3. The number of thioether (sulfide) groups is 1. The van der Waals surface area contributed by atoms with Gasteiger partial charge in [0.25, 0.3) is 0 Å². The summed E-state index contributed by atoms with van der Waals surface area (Å²) in [5, 5.41) is 36.3. The van der Waals surface area contributed by atoms with Crippen LogP contribution in [0, 0.1) is 5.41 Å². The van der Waals surface area contributed by atoms with E-state index in [2.05, 4.69) is 53.5 Å². The minimum atomic E-state index is -5.59. The van der Waals surface area contributed by atoms with Crippen LogP contribution in [0.2, 0.25) is 0 Å². The number of nitrogen functional groups attached to an aromatic ring is 1. The molecule has 11 N–H and O–H groups in total. The molecule has 1 fully saturated rings. The van der Waals surface area contributed by atoms with Gasteiger partial charge < -0.3 is 56.0 Å². The molecule has 2 amide bonds. The maximum Gasteiger partial charge on any atom is 0.481 e. The summed E-state index contributed by atoms with van der Waals surface area (Å²) in [5.74, 6) is -1.27. The number of unbranched alkanes of at least 4 members (excludes halogenated alkanes) is 2. The summed E-state index contributed by atoms with van der Waals surface area (Å²) in [7, 11) is -16.4. The molecule has 8 atom stereocenters. The maximum absolute atomic E-state index is 12.7. The van der Waals surface area contributed by atoms with Gasteiger partial charge in [-0.15, -0.1) is 0 Å². The number of aliphatic hydroxyl groups excluding tert-OH is 3. The van der Waals surface area contributed by atoms with Crippen LogP contribution in [-0.2, 0) is 50.7 Å². The zero-order chi connectivity index (χ0) is 47.0. The first-order valence-corrected chi connectivity index (χ1v) is 25.0. The normalized spacial score (nSPS) is 21.4. The van der Waals surface area contributed by atoms with E-state index in [1.807, 2.05) is 12.2 Å². The van der Waals surface area contributed by atoms with Gasteiger partial charge in [0.15, 0.2) is 22.8 Å². The van der Waals surface area contributed by atoms with E-state index in [-0.39, 0.29) is 53.8 Å². The number of nitrogens with one attached hydrogen (secondary N) is 2. The SMILES string of the molecule is CCCC/C=C/C/C=C/CC(O)CC(=O)SCCNC(=O)CCNC(=O)C(O)C(C)(C)COP(=O)(O)OP(=O)(O)OCC1OC(n2cnc3c(N)ncnc32)C(O)C1OP(=O)(O)O. The van der Waals surface area contributed by atoms with Crippen molar-refractivity contribution < 1.29 is 85.6 Å². The summed E-state index contributed by atoms with van der Waals surface area (Å²) in [6.45, 7) is 2.47. The Balaban J connectivity index is 1.39. The molecular formula is C34H56N7O18P3S. The van der Waals surface area contributed by atoms with E-state index < -0.39 is 90.7 Å². The van der Waals surface area contributed by atoms with Crippen LogP contribution < -0.4 is 16.4 Å². The van der Waals surface area contributed by atoms with Crippen molar-refractivity contribution in [1.82, 2.24) is 30.2 Å². The number of hydrogen-bond donors (Lipinski definition) is 10. The van der Waals surface area contributed by atoms with E-state index in [0.717, 1.165) is 54.7 Å². The van der Waals surface area contributed by atoms with Crippen molar-refractivity contribution in [3.8, 4) is 0 Å². The molecule has 63 heavy (non-hydrogen) atoms. The number of fused-ring (bicyclic) bond motifs is 1. The lowest BCUT2D eigenvalue weighted by atomic mass is 9.87. The molecule has 8 unspecified atom stereocenters. The highest BCUT2D eigenvalue weighted by molar-refractivity contribution is 8.13. The van der Waals surface area contributed by atoms with Crippen LogP contribution in [0.3, 0.4) is 0 Å². The van der Waals surface area contributed by atoms with Gasteiger partial charge in [0.2, 0.25) is 11.8 Å². The molecular weight excluding hydrogens is 919 g/mol. The van der Waals surface area contributed by atoms with Crippen LogP contribution in [-0.4, -0.2) is 134 Å². The molecule has 1 aliphatic rings. The average Bonchev–Trinajstić information content (AvgIpc) is 3.75. The fourth-order valence-corrected chi connectivity index (χ4v) is 9.16. The summed E-state index contributed by atoms with van der Waals surface area (Å²) in [6.07, 6.45) is 4.44. The molecule has 1 aliphatic heterocycles. The zero-order valence-electron chi connectivity index (χ0n) is 34.7. The summed E-state index contributed by atoms with van der Waals surface area (Å²) in [5.41, 5.74) is 4.24. The lowest BCUT2D eigenvalue weighted by molar-refractivity contribution is -0.137. The minimum Gasteiger partial charge on any atom is -0.392 e. The number of aliphatic hydroxyl groups is 3. The number of rotatable bonds is 28. The molecule has 2 aromatic rings. The van der Waals surface area contributed by atoms with Gasteiger partial charge in [-0.3, -0.25) is 32.5 Å². The molecule has 3 rings (SSSR count). The monoisotopic (exact) mass is 975 g/mol. The highest BCUT2D eigenvalue weighted by Gasteiger charge is 2.50. The lowest BCUT2D eigenvalue weighted by Crippen LogP contribution is -2.46. The molecule has 0 aliphatic carbocycles. The van der Waals surface area contributed by atoms with Crippen molar-refractivity contribution >= 4 is 69.1 Å². The number of amides is 2. The number of phosphoric acid groups is 3. The van der Waals surface area contributed by atoms with E-state index in [0.29, 0.717) is 6.42 Å². The van der Waals surface area contributed by atoms with Gasteiger partial charge in [-0.25, -0.2) is 28.6 Å². The highest BCUT2D eigenvalue weighted by Crippen LogP contribution is 2.61. The number of aromatic nitrogens is 4. The van der Waals surface area contributed by atoms with E-state index in [1.54, 1.807) is 0 Å². The molecule has 0 aromatic carbocycles. The van der Waals surface area contributed by atoms with Gasteiger partial charge in [0, 0.05) is 37.1 Å². The molecule has 0 bridgehead atoms. The minimum absolute atomic E-state index is 0.0254. The molecule has 1 saturated heterocycles. The van der Waals surface area contributed by atoms with Crippen LogP contribution >= 0.6 is 35.2 Å². The van der Waals surface area contributed by atoms with Crippen molar-refractivity contribution in [3.05, 3.63) is 37.0 Å². The fraction of sp³-hybridized carbons (Fsp3) is 0.647. The number of nitrogens with two attached hydrogens (primary N) is 1. The van der Waals surface area contributed by atoms with Crippen molar-refractivity contribution in [1.29, 1.82) is 0 Å². The predicted octanol–water partition coefficient (Wildman–Crippen LogP) is 1.50. The second-order valence-corrected chi connectivity index (χ2v) is 20.1. The van der Waals surface area contributed by atoms with Gasteiger partial charge in [-0.05, 0) is 19.3 Å². The van der Waals surface area contributed by atoms with Crippen molar-refractivity contribution in [2.24, 2.45) is 5.41 Å². The van der Waals surface area contributed by atoms with Gasteiger partial charge in [0.1, 0.15) is 36.3 Å². The summed E-state index contributed by atoms with van der Waals surface area (Å²) < 4.78 is 62.3. The molecule has 2 aromatic heterocycles. The van der Waals surface area contributed by atoms with Gasteiger partial charge in [0.05, 0.1) is 25.6 Å². The maximum atomic E-state index is 12.7. The van der Waals surface area contributed by atoms with E-state index >= 15 is 0 Å². The number of carbonyl (C=O) groups is 3. The first-order valence-electron chi connectivity index (χ1n) is 19.5. The number of imidazole rings is 1. The molecule has 0 radical (unpaired) electrons. The number of allylic oxidation sites excluding steroid dienone is 3. The van der Waals surface area contributed by atoms with Crippen LogP contribution in [0.5, 0.6) is 0 Å². The number of ether oxygens (including phenoxy) is 1. The Labute approximate surface area is 366 Å². The Morgan fingerprint density at radius 2 is 1.71 bits per heavy atom. The molecule has 29 heteroatoms. The second kappa shape index (κ2) is 25.1. The van der Waals surface area contributed by atoms with Crippen molar-refractivity contribution in [2.75, 3.05) is 37.8 Å². The standard InChI is InChI=1S/C34H56N7O18P3S/c1-4-5-6-7-8-9-10-11-12-22(42)17-25(44)63-16-15-36-24(43)13-14-37-32(47)29(46)34(2,3)19-56-62(53,54)59-61(51,52)55-18-23-28(58-60(48,49)50)27(45)33(57-23)41-21-40-26-30(35)38-20-39-31(26)41/h7-8,10-11,20-23,27-29,33,42,45-46H,4-6,9,12-19H2,1-3H3,(H,36,43)(H,37,47)(H,51,52)(H,53,54)(H2,35,38,39)(H2,48,49,50)/b8-7+,11-10+. The van der Waals surface area contributed by atoms with Gasteiger partial charge >= 0.3 is 23.5 Å². The molecule has 356 valence electrons. The smallest absolute Gasteiger partial charge is 0.392 e. The topological polar surface area (TPSA) is 384 Å². The molecule has 3 heterocycles. The van der Waals surface area contributed by atoms with Crippen LogP contribution in [0.1, 0.15) is 71.9 Å². The Bertz CT molecular complexity index is 2040. The van der Waals surface area contributed by atoms with Gasteiger partial charge in [-0.2, -0.15) is 4.31 Å². The largest absolute Gasteiger partial charge is 0.481 e. The van der Waals surface area contributed by atoms with Crippen LogP contribution in [0.4, 0.5) is 5.82 Å². The Kier molecular flexibility index (Phi) is 21.6. The third kappa shape index (κ3) is 18.8. The highest BCUT2D eigenvalue weighted by atomic mass is 32.2. The Morgan fingerprint density at radius 3 is 2.41 bits per heavy atom. The lowest BCUT2D eigenvalue weighted by Gasteiger charge is -2.30. The molecule has 0 saturated carbocycles. The van der Waals surface area contributed by atoms with Crippen LogP contribution in [0.25, 0.3) is 11.2 Å². The Morgan fingerprint density at radius 1 is 1.02 bits per heavy atom. The number of hydrogen-bond acceptors (Lipinski definition) is 19. The zero-order valence-corrected chi connectivity index (χ0v) is 38.2. The average molecular weight is 976 g/mol. The third-order valence-corrected chi connectivity index (χ3v) is 12.9.